The first kappa shape index (κ1) is 21.0. The number of hydrogen-bond donors (Lipinski definition) is 7. The van der Waals surface area contributed by atoms with Crippen LogP contribution in [-0.2, 0) is 4.79 Å². The number of benzene rings is 1. The number of hydrogen-bond acceptors (Lipinski definition) is 5. The fourth-order valence-corrected chi connectivity index (χ4v) is 2.65. The number of amides is 2. The van der Waals surface area contributed by atoms with Crippen LogP contribution in [0.4, 0.5) is 5.69 Å². The highest BCUT2D eigenvalue weighted by Crippen LogP contribution is 2.18. The summed E-state index contributed by atoms with van der Waals surface area (Å²) in [6.45, 7) is 1.29. The lowest BCUT2D eigenvalue weighted by atomic mass is 10.1. The van der Waals surface area contributed by atoms with Crippen molar-refractivity contribution in [1.82, 2.24) is 15.6 Å². The molecule has 0 aliphatic carbocycles. The maximum absolute atomic E-state index is 12.2. The third kappa shape index (κ3) is 6.47. The molecule has 28 heavy (non-hydrogen) atoms. The molecule has 1 aromatic carbocycles. The quantitative estimate of drug-likeness (QED) is 0.123. The molecular weight excluding hydrogens is 360 g/mol. The van der Waals surface area contributed by atoms with Gasteiger partial charge in [0.15, 0.2) is 5.96 Å². The smallest absolute Gasteiger partial charge is 0.267 e. The predicted molar refractivity (Wildman–Crippen MR) is 111 cm³/mol. The van der Waals surface area contributed by atoms with Gasteiger partial charge in [-0.1, -0.05) is 6.07 Å². The van der Waals surface area contributed by atoms with Crippen molar-refractivity contribution in [1.29, 1.82) is 0 Å². The molecule has 152 valence electrons. The van der Waals surface area contributed by atoms with E-state index >= 15 is 0 Å². The van der Waals surface area contributed by atoms with Crippen molar-refractivity contribution in [2.75, 3.05) is 25.4 Å². The van der Waals surface area contributed by atoms with Crippen molar-refractivity contribution in [2.24, 2.45) is 22.2 Å². The molecule has 0 aliphatic heterocycles. The van der Waals surface area contributed by atoms with Crippen LogP contribution in [0.15, 0.2) is 29.3 Å². The van der Waals surface area contributed by atoms with Crippen LogP contribution in [0, 0.1) is 0 Å². The minimum absolute atomic E-state index is 0.0247. The summed E-state index contributed by atoms with van der Waals surface area (Å²) in [4.78, 5) is 31.0. The molecule has 1 aromatic heterocycles. The van der Waals surface area contributed by atoms with Crippen molar-refractivity contribution < 1.29 is 9.59 Å². The number of nitrogens with one attached hydrogen (secondary N) is 3. The largest absolute Gasteiger partial charge is 0.399 e. The lowest BCUT2D eigenvalue weighted by Gasteiger charge is -2.11. The first-order valence-electron chi connectivity index (χ1n) is 9.12. The Morgan fingerprint density at radius 3 is 2.61 bits per heavy atom. The van der Waals surface area contributed by atoms with Crippen LogP contribution in [-0.4, -0.2) is 48.4 Å². The fraction of sp³-hybridized carbons (Fsp3) is 0.389. The number of nitrogen functional groups attached to an aromatic ring is 1. The molecule has 0 fully saturated rings. The number of rotatable bonds is 10. The number of carbonyl (C=O) groups is 2. The molecule has 0 radical (unpaired) electrons. The van der Waals surface area contributed by atoms with E-state index in [2.05, 4.69) is 20.6 Å². The first-order chi connectivity index (χ1) is 13.4. The van der Waals surface area contributed by atoms with E-state index in [4.69, 9.17) is 22.9 Å². The molecular formula is C18H28N8O2. The molecule has 0 bridgehead atoms. The van der Waals surface area contributed by atoms with Gasteiger partial charge in [-0.25, -0.2) is 0 Å². The van der Waals surface area contributed by atoms with Gasteiger partial charge in [0.05, 0.1) is 6.04 Å². The van der Waals surface area contributed by atoms with Gasteiger partial charge in [0.25, 0.3) is 5.91 Å². The van der Waals surface area contributed by atoms with Crippen molar-refractivity contribution in [2.45, 2.75) is 25.3 Å². The second kappa shape index (κ2) is 10.2. The predicted octanol–water partition coefficient (Wildman–Crippen LogP) is -0.633. The number of aromatic nitrogens is 1. The summed E-state index contributed by atoms with van der Waals surface area (Å²) in [6, 6.07) is 6.58. The summed E-state index contributed by atoms with van der Waals surface area (Å²) in [6.07, 6.45) is 1.70. The summed E-state index contributed by atoms with van der Waals surface area (Å²) < 4.78 is 0. The molecule has 1 heterocycles. The minimum atomic E-state index is -0.609. The third-order valence-electron chi connectivity index (χ3n) is 4.13. The number of guanidine groups is 1. The molecule has 0 aliphatic rings. The lowest BCUT2D eigenvalue weighted by molar-refractivity contribution is -0.122. The minimum Gasteiger partial charge on any atom is -0.399 e. The van der Waals surface area contributed by atoms with Gasteiger partial charge < -0.3 is 38.6 Å². The van der Waals surface area contributed by atoms with Gasteiger partial charge in [0.2, 0.25) is 5.91 Å². The summed E-state index contributed by atoms with van der Waals surface area (Å²) in [7, 11) is 0. The number of aliphatic imine (C=N–C) groups is 1. The van der Waals surface area contributed by atoms with Crippen LogP contribution in [0.3, 0.4) is 0 Å². The first-order valence-corrected chi connectivity index (χ1v) is 9.12. The van der Waals surface area contributed by atoms with Crippen LogP contribution in [0.5, 0.6) is 0 Å². The van der Waals surface area contributed by atoms with Crippen LogP contribution in [0.2, 0.25) is 0 Å². The van der Waals surface area contributed by atoms with E-state index < -0.39 is 6.04 Å². The normalized spacial score (nSPS) is 11.8. The number of H-pyrrole nitrogens is 1. The number of nitrogens with two attached hydrogens (primary N) is 4. The summed E-state index contributed by atoms with van der Waals surface area (Å²) in [5.74, 6) is -0.418. The van der Waals surface area contributed by atoms with E-state index in [0.717, 1.165) is 10.9 Å². The fourth-order valence-electron chi connectivity index (χ4n) is 2.65. The van der Waals surface area contributed by atoms with Gasteiger partial charge in [-0.3, -0.25) is 14.6 Å². The van der Waals surface area contributed by atoms with Crippen molar-refractivity contribution >= 4 is 34.4 Å². The van der Waals surface area contributed by atoms with Gasteiger partial charge in [0, 0.05) is 36.2 Å². The average Bonchev–Trinajstić information content (AvgIpc) is 3.07. The monoisotopic (exact) mass is 388 g/mol. The molecule has 10 nitrogen and oxygen atoms in total. The third-order valence-corrected chi connectivity index (χ3v) is 4.13. The highest BCUT2D eigenvalue weighted by atomic mass is 16.2. The van der Waals surface area contributed by atoms with Gasteiger partial charge in [-0.05, 0) is 37.5 Å². The molecule has 0 saturated heterocycles. The van der Waals surface area contributed by atoms with E-state index in [9.17, 15) is 9.59 Å². The molecule has 10 heteroatoms. The van der Waals surface area contributed by atoms with Crippen LogP contribution in [0.1, 0.15) is 29.8 Å². The van der Waals surface area contributed by atoms with E-state index in [1.54, 1.807) is 18.2 Å². The van der Waals surface area contributed by atoms with Gasteiger partial charge in [-0.2, -0.15) is 0 Å². The molecule has 2 amide bonds. The van der Waals surface area contributed by atoms with Gasteiger partial charge in [0.1, 0.15) is 5.69 Å². The molecule has 0 spiro atoms. The van der Waals surface area contributed by atoms with Gasteiger partial charge >= 0.3 is 0 Å². The summed E-state index contributed by atoms with van der Waals surface area (Å²) in [5, 5.41) is 6.48. The molecule has 2 aromatic rings. The Hall–Kier alpha value is -3.27. The van der Waals surface area contributed by atoms with Crippen molar-refractivity contribution in [3.8, 4) is 0 Å². The Bertz CT molecular complexity index is 841. The Morgan fingerprint density at radius 2 is 1.86 bits per heavy atom. The van der Waals surface area contributed by atoms with Crippen molar-refractivity contribution in [3.05, 3.63) is 30.0 Å². The standard InChI is InChI=1S/C18H28N8O2/c19-12-5-4-11-9-15(26-14(11)10-12)17(28)24-8-2-7-23-16(27)13(20)3-1-6-25-18(21)22/h4-5,9-10,13,26H,1-3,6-8,19-20H2,(H,23,27)(H,24,28)(H4,21,22,25). The molecule has 11 N–H and O–H groups in total. The maximum Gasteiger partial charge on any atom is 0.267 e. The molecule has 1 unspecified atom stereocenters. The van der Waals surface area contributed by atoms with Crippen molar-refractivity contribution in [3.63, 3.8) is 0 Å². The number of fused-ring (bicyclic) bond motifs is 1. The Kier molecular flexibility index (Phi) is 7.64. The molecule has 2 rings (SSSR count). The highest BCUT2D eigenvalue weighted by molar-refractivity contribution is 5.98. The number of carbonyl (C=O) groups excluding carboxylic acids is 2. The van der Waals surface area contributed by atoms with E-state index in [0.29, 0.717) is 50.3 Å². The molecule has 0 saturated carbocycles. The topological polar surface area (TPSA) is 190 Å². The van der Waals surface area contributed by atoms with Crippen LogP contribution < -0.4 is 33.6 Å². The van der Waals surface area contributed by atoms with E-state index in [1.807, 2.05) is 6.07 Å². The zero-order valence-electron chi connectivity index (χ0n) is 15.7. The summed E-state index contributed by atoms with van der Waals surface area (Å²) >= 11 is 0. The zero-order chi connectivity index (χ0) is 20.5. The Balaban J connectivity index is 1.64. The number of anilines is 1. The Morgan fingerprint density at radius 1 is 1.11 bits per heavy atom. The maximum atomic E-state index is 12.2. The SMILES string of the molecule is NC(N)=NCCCC(N)C(=O)NCCCNC(=O)c1cc2ccc(N)cc2[nH]1. The van der Waals surface area contributed by atoms with Gasteiger partial charge in [-0.15, -0.1) is 0 Å². The lowest BCUT2D eigenvalue weighted by Crippen LogP contribution is -2.41. The zero-order valence-corrected chi connectivity index (χ0v) is 15.7. The number of nitrogens with zero attached hydrogens (tertiary/aromatic N) is 1. The second-order valence-corrected chi connectivity index (χ2v) is 6.49. The highest BCUT2D eigenvalue weighted by Gasteiger charge is 2.12. The second-order valence-electron chi connectivity index (χ2n) is 6.49. The van der Waals surface area contributed by atoms with Crippen LogP contribution in [0.25, 0.3) is 10.9 Å². The number of aromatic amines is 1. The Labute approximate surface area is 163 Å². The molecule has 1 atom stereocenters. The van der Waals surface area contributed by atoms with E-state index in [-0.39, 0.29) is 17.8 Å². The van der Waals surface area contributed by atoms with E-state index in [1.165, 1.54) is 0 Å². The van der Waals surface area contributed by atoms with Crippen LogP contribution >= 0.6 is 0 Å². The average molecular weight is 388 g/mol. The summed E-state index contributed by atoms with van der Waals surface area (Å²) in [5.41, 5.74) is 23.9.